The first-order valence-electron chi connectivity index (χ1n) is 6.94. The first-order chi connectivity index (χ1) is 10.6. The molecule has 1 aliphatic heterocycles. The van der Waals surface area contributed by atoms with Crippen molar-refractivity contribution in [3.8, 4) is 11.5 Å². The van der Waals surface area contributed by atoms with Crippen molar-refractivity contribution in [1.29, 1.82) is 0 Å². The molecule has 2 aromatic rings. The van der Waals surface area contributed by atoms with Gasteiger partial charge in [0.15, 0.2) is 11.5 Å². The molecule has 1 aliphatic rings. The lowest BCUT2D eigenvalue weighted by molar-refractivity contribution is 0.0954. The predicted molar refractivity (Wildman–Crippen MR) is 83.5 cm³/mol. The van der Waals surface area contributed by atoms with Crippen molar-refractivity contribution in [1.82, 2.24) is 5.43 Å². The normalized spacial score (nSPS) is 12.6. The van der Waals surface area contributed by atoms with Gasteiger partial charge in [-0.25, -0.2) is 5.43 Å². The van der Waals surface area contributed by atoms with Crippen LogP contribution in [0.2, 0.25) is 0 Å². The molecule has 0 bridgehead atoms. The number of hydrogen-bond donors (Lipinski definition) is 1. The summed E-state index contributed by atoms with van der Waals surface area (Å²) >= 11 is 0. The molecule has 112 valence electrons. The molecule has 3 rings (SSSR count). The Morgan fingerprint density at radius 1 is 1.14 bits per heavy atom. The van der Waals surface area contributed by atoms with Crippen molar-refractivity contribution >= 4 is 12.1 Å². The molecule has 0 fully saturated rings. The molecule has 5 nitrogen and oxygen atoms in total. The Kier molecular flexibility index (Phi) is 3.78. The summed E-state index contributed by atoms with van der Waals surface area (Å²) in [5.41, 5.74) is 6.22. The number of ether oxygens (including phenoxy) is 2. The highest BCUT2D eigenvalue weighted by Gasteiger charge is 2.15. The minimum atomic E-state index is -0.292. The van der Waals surface area contributed by atoms with E-state index in [2.05, 4.69) is 10.5 Å². The third-order valence-corrected chi connectivity index (χ3v) is 3.44. The van der Waals surface area contributed by atoms with E-state index in [4.69, 9.17) is 9.47 Å². The topological polar surface area (TPSA) is 59.9 Å². The van der Waals surface area contributed by atoms with Gasteiger partial charge in [-0.2, -0.15) is 5.10 Å². The third kappa shape index (κ3) is 2.93. The number of nitrogens with one attached hydrogen (secondary N) is 1. The molecular formula is C17H16N2O3. The van der Waals surface area contributed by atoms with Crippen molar-refractivity contribution in [2.24, 2.45) is 5.10 Å². The number of hydrogen-bond acceptors (Lipinski definition) is 4. The van der Waals surface area contributed by atoms with Gasteiger partial charge in [-0.15, -0.1) is 0 Å². The van der Waals surface area contributed by atoms with Crippen LogP contribution in [0.1, 0.15) is 27.0 Å². The van der Waals surface area contributed by atoms with Crippen molar-refractivity contribution in [3.05, 3.63) is 58.7 Å². The average Bonchev–Trinajstić information content (AvgIpc) is 2.98. The lowest BCUT2D eigenvalue weighted by Gasteiger charge is -2.03. The van der Waals surface area contributed by atoms with E-state index in [0.717, 1.165) is 16.7 Å². The first-order valence-corrected chi connectivity index (χ1v) is 6.94. The van der Waals surface area contributed by atoms with E-state index in [9.17, 15) is 4.79 Å². The average molecular weight is 296 g/mol. The second kappa shape index (κ2) is 5.89. The zero-order valence-corrected chi connectivity index (χ0v) is 12.4. The molecule has 0 aliphatic carbocycles. The Morgan fingerprint density at radius 2 is 1.95 bits per heavy atom. The molecule has 0 spiro atoms. The Morgan fingerprint density at radius 3 is 2.82 bits per heavy atom. The maximum atomic E-state index is 12.1. The largest absolute Gasteiger partial charge is 0.454 e. The van der Waals surface area contributed by atoms with E-state index in [-0.39, 0.29) is 12.7 Å². The molecule has 0 aromatic heterocycles. The fraction of sp³-hybridized carbons (Fsp3) is 0.176. The molecule has 1 heterocycles. The number of aryl methyl sites for hydroxylation is 2. The molecule has 0 radical (unpaired) electrons. The Labute approximate surface area is 128 Å². The molecular weight excluding hydrogens is 280 g/mol. The number of rotatable bonds is 3. The van der Waals surface area contributed by atoms with Crippen LogP contribution in [-0.4, -0.2) is 18.9 Å². The summed E-state index contributed by atoms with van der Waals surface area (Å²) in [5, 5.41) is 4.02. The van der Waals surface area contributed by atoms with Gasteiger partial charge < -0.3 is 9.47 Å². The van der Waals surface area contributed by atoms with Crippen LogP contribution < -0.4 is 14.9 Å². The molecule has 22 heavy (non-hydrogen) atoms. The van der Waals surface area contributed by atoms with Gasteiger partial charge in [0, 0.05) is 5.56 Å². The van der Waals surface area contributed by atoms with Crippen LogP contribution in [0.3, 0.4) is 0 Å². The Balaban J connectivity index is 1.69. The molecule has 1 N–H and O–H groups in total. The van der Waals surface area contributed by atoms with Gasteiger partial charge in [-0.3, -0.25) is 4.79 Å². The number of hydrazone groups is 1. The van der Waals surface area contributed by atoms with Crippen LogP contribution in [0.4, 0.5) is 0 Å². The number of nitrogens with zero attached hydrogens (tertiary/aromatic N) is 1. The highest BCUT2D eigenvalue weighted by atomic mass is 16.7. The summed E-state index contributed by atoms with van der Waals surface area (Å²) in [4.78, 5) is 12.1. The van der Waals surface area contributed by atoms with E-state index in [1.807, 2.05) is 32.0 Å². The molecule has 0 unspecified atom stereocenters. The number of amides is 1. The van der Waals surface area contributed by atoms with E-state index in [0.29, 0.717) is 17.1 Å². The number of fused-ring (bicyclic) bond motifs is 1. The first kappa shape index (κ1) is 14.1. The molecule has 0 atom stereocenters. The highest BCUT2D eigenvalue weighted by molar-refractivity contribution is 5.95. The van der Waals surface area contributed by atoms with Crippen LogP contribution in [-0.2, 0) is 0 Å². The fourth-order valence-corrected chi connectivity index (χ4v) is 2.16. The van der Waals surface area contributed by atoms with Crippen LogP contribution in [0, 0.1) is 13.8 Å². The van der Waals surface area contributed by atoms with Gasteiger partial charge in [0.2, 0.25) is 6.79 Å². The minimum Gasteiger partial charge on any atom is -0.454 e. The standard InChI is InChI=1S/C17H16N2O3/c1-11-3-4-12(2)14(7-11)9-18-19-17(20)13-5-6-15-16(8-13)22-10-21-15/h3-9H,10H2,1-2H3,(H,19,20). The second-order valence-corrected chi connectivity index (χ2v) is 5.13. The van der Waals surface area contributed by atoms with E-state index in [1.54, 1.807) is 24.4 Å². The Hall–Kier alpha value is -2.82. The SMILES string of the molecule is Cc1ccc(C)c(C=NNC(=O)c2ccc3c(c2)OCO3)c1. The van der Waals surface area contributed by atoms with Gasteiger partial charge >= 0.3 is 0 Å². The molecule has 5 heteroatoms. The summed E-state index contributed by atoms with van der Waals surface area (Å²) in [6, 6.07) is 11.1. The summed E-state index contributed by atoms with van der Waals surface area (Å²) in [6.07, 6.45) is 1.65. The van der Waals surface area contributed by atoms with Gasteiger partial charge in [-0.05, 0) is 43.2 Å². The lowest BCUT2D eigenvalue weighted by Crippen LogP contribution is -2.17. The van der Waals surface area contributed by atoms with Gasteiger partial charge in [-0.1, -0.05) is 23.8 Å². The Bertz CT molecular complexity index is 754. The minimum absolute atomic E-state index is 0.186. The van der Waals surface area contributed by atoms with E-state index in [1.165, 1.54) is 0 Å². The van der Waals surface area contributed by atoms with Crippen molar-refractivity contribution in [2.75, 3.05) is 6.79 Å². The fourth-order valence-electron chi connectivity index (χ4n) is 2.16. The molecule has 1 amide bonds. The van der Waals surface area contributed by atoms with Gasteiger partial charge in [0.1, 0.15) is 0 Å². The third-order valence-electron chi connectivity index (χ3n) is 3.44. The molecule has 0 saturated carbocycles. The van der Waals surface area contributed by atoms with Crippen LogP contribution in [0.25, 0.3) is 0 Å². The highest BCUT2D eigenvalue weighted by Crippen LogP contribution is 2.32. The van der Waals surface area contributed by atoms with Crippen LogP contribution in [0.5, 0.6) is 11.5 Å². The number of carbonyl (C=O) groups is 1. The van der Waals surface area contributed by atoms with E-state index < -0.39 is 0 Å². The van der Waals surface area contributed by atoms with E-state index >= 15 is 0 Å². The van der Waals surface area contributed by atoms with Gasteiger partial charge in [0.05, 0.1) is 6.21 Å². The molecule has 0 saturated heterocycles. The summed E-state index contributed by atoms with van der Waals surface area (Å²) in [7, 11) is 0. The van der Waals surface area contributed by atoms with Gasteiger partial charge in [0.25, 0.3) is 5.91 Å². The van der Waals surface area contributed by atoms with Crippen LogP contribution in [0.15, 0.2) is 41.5 Å². The van der Waals surface area contributed by atoms with Crippen molar-refractivity contribution in [2.45, 2.75) is 13.8 Å². The maximum Gasteiger partial charge on any atom is 0.271 e. The summed E-state index contributed by atoms with van der Waals surface area (Å²) in [5.74, 6) is 0.932. The molecule has 2 aromatic carbocycles. The van der Waals surface area contributed by atoms with Crippen LogP contribution >= 0.6 is 0 Å². The maximum absolute atomic E-state index is 12.1. The predicted octanol–water partition coefficient (Wildman–Crippen LogP) is 2.80. The zero-order valence-electron chi connectivity index (χ0n) is 12.4. The smallest absolute Gasteiger partial charge is 0.271 e. The lowest BCUT2D eigenvalue weighted by atomic mass is 10.1. The number of carbonyl (C=O) groups excluding carboxylic acids is 1. The van der Waals surface area contributed by atoms with Crippen molar-refractivity contribution in [3.63, 3.8) is 0 Å². The van der Waals surface area contributed by atoms with Crippen molar-refractivity contribution < 1.29 is 14.3 Å². The summed E-state index contributed by atoms with van der Waals surface area (Å²) < 4.78 is 10.5. The quantitative estimate of drug-likeness (QED) is 0.700. The monoisotopic (exact) mass is 296 g/mol. The zero-order chi connectivity index (χ0) is 15.5. The summed E-state index contributed by atoms with van der Waals surface area (Å²) in [6.45, 7) is 4.20. The number of benzene rings is 2. The second-order valence-electron chi connectivity index (χ2n) is 5.13.